The van der Waals surface area contributed by atoms with E-state index in [1.807, 2.05) is 29.7 Å². The maximum atomic E-state index is 12.9. The fourth-order valence-electron chi connectivity index (χ4n) is 4.07. The SMILES string of the molecule is Cc1cc2ncccc2cc1Nc1ncc2c(n1)n(C1CCNCC1)c(=O)n2C. The Bertz CT molecular complexity index is 1270. The largest absolute Gasteiger partial charge is 0.330 e. The Morgan fingerprint density at radius 2 is 2.03 bits per heavy atom. The standard InChI is InChI=1S/C21H23N7O/c1-13-10-17-14(4-3-7-23-17)11-16(13)25-20-24-12-18-19(26-20)28(21(29)27(18)2)15-5-8-22-9-6-15/h3-4,7,10-12,15,22H,5-6,8-9H2,1-2H3,(H,24,25,26). The van der Waals surface area contributed by atoms with E-state index in [0.29, 0.717) is 11.6 Å². The number of hydrogen-bond donors (Lipinski definition) is 2. The van der Waals surface area contributed by atoms with Gasteiger partial charge in [0.25, 0.3) is 0 Å². The first-order valence-electron chi connectivity index (χ1n) is 9.89. The molecule has 1 fully saturated rings. The molecule has 5 rings (SSSR count). The minimum Gasteiger partial charge on any atom is -0.324 e. The first kappa shape index (κ1) is 17.8. The third-order valence-electron chi connectivity index (χ3n) is 5.70. The number of aryl methyl sites for hydroxylation is 2. The van der Waals surface area contributed by atoms with Crippen molar-refractivity contribution in [1.82, 2.24) is 29.4 Å². The number of fused-ring (bicyclic) bond motifs is 2. The number of rotatable bonds is 3. The van der Waals surface area contributed by atoms with Crippen LogP contribution in [0.1, 0.15) is 24.4 Å². The normalized spacial score (nSPS) is 15.2. The highest BCUT2D eigenvalue weighted by atomic mass is 16.1. The lowest BCUT2D eigenvalue weighted by Gasteiger charge is -2.23. The second-order valence-electron chi connectivity index (χ2n) is 7.58. The number of imidazole rings is 1. The van der Waals surface area contributed by atoms with Gasteiger partial charge in [-0.1, -0.05) is 6.07 Å². The minimum atomic E-state index is -0.0358. The van der Waals surface area contributed by atoms with E-state index in [-0.39, 0.29) is 11.7 Å². The van der Waals surface area contributed by atoms with Gasteiger partial charge >= 0.3 is 5.69 Å². The van der Waals surface area contributed by atoms with Crippen molar-refractivity contribution < 1.29 is 0 Å². The van der Waals surface area contributed by atoms with Crippen LogP contribution in [-0.2, 0) is 7.05 Å². The number of aromatic nitrogens is 5. The lowest BCUT2D eigenvalue weighted by Crippen LogP contribution is -2.34. The Balaban J connectivity index is 1.58. The van der Waals surface area contributed by atoms with Gasteiger partial charge in [0.15, 0.2) is 5.65 Å². The van der Waals surface area contributed by atoms with Crippen LogP contribution in [0.5, 0.6) is 0 Å². The van der Waals surface area contributed by atoms with Gasteiger partial charge < -0.3 is 10.6 Å². The van der Waals surface area contributed by atoms with Crippen LogP contribution < -0.4 is 16.3 Å². The maximum absolute atomic E-state index is 12.9. The fraction of sp³-hybridized carbons (Fsp3) is 0.333. The van der Waals surface area contributed by atoms with Crippen molar-refractivity contribution in [3.63, 3.8) is 0 Å². The quantitative estimate of drug-likeness (QED) is 0.560. The van der Waals surface area contributed by atoms with Gasteiger partial charge in [0, 0.05) is 30.4 Å². The summed E-state index contributed by atoms with van der Waals surface area (Å²) < 4.78 is 3.47. The van der Waals surface area contributed by atoms with Crippen molar-refractivity contribution in [2.24, 2.45) is 7.05 Å². The van der Waals surface area contributed by atoms with E-state index < -0.39 is 0 Å². The Hall–Kier alpha value is -3.26. The van der Waals surface area contributed by atoms with E-state index in [1.54, 1.807) is 24.0 Å². The van der Waals surface area contributed by atoms with E-state index in [9.17, 15) is 4.79 Å². The molecule has 0 unspecified atom stereocenters. The molecule has 1 aliphatic rings. The molecular formula is C21H23N7O. The summed E-state index contributed by atoms with van der Waals surface area (Å²) in [7, 11) is 1.78. The van der Waals surface area contributed by atoms with Crippen LogP contribution in [-0.4, -0.2) is 37.2 Å². The molecular weight excluding hydrogens is 366 g/mol. The molecule has 1 saturated heterocycles. The van der Waals surface area contributed by atoms with Crippen molar-refractivity contribution in [3.8, 4) is 0 Å². The number of nitrogens with one attached hydrogen (secondary N) is 2. The van der Waals surface area contributed by atoms with Gasteiger partial charge in [0.2, 0.25) is 5.95 Å². The third kappa shape index (κ3) is 3.05. The summed E-state index contributed by atoms with van der Waals surface area (Å²) >= 11 is 0. The zero-order valence-electron chi connectivity index (χ0n) is 16.5. The second-order valence-corrected chi connectivity index (χ2v) is 7.58. The van der Waals surface area contributed by atoms with Crippen LogP contribution in [0, 0.1) is 6.92 Å². The Morgan fingerprint density at radius 3 is 2.86 bits per heavy atom. The van der Waals surface area contributed by atoms with Crippen LogP contribution >= 0.6 is 0 Å². The lowest BCUT2D eigenvalue weighted by molar-refractivity contribution is 0.365. The molecule has 0 saturated carbocycles. The molecule has 0 radical (unpaired) electrons. The van der Waals surface area contributed by atoms with Gasteiger partial charge in [-0.25, -0.2) is 9.78 Å². The molecule has 2 N–H and O–H groups in total. The predicted octanol–water partition coefficient (Wildman–Crippen LogP) is 2.65. The average Bonchev–Trinajstić information content (AvgIpc) is 2.99. The Morgan fingerprint density at radius 1 is 1.21 bits per heavy atom. The molecule has 0 aliphatic carbocycles. The monoisotopic (exact) mass is 389 g/mol. The van der Waals surface area contributed by atoms with Crippen LogP contribution in [0.3, 0.4) is 0 Å². The van der Waals surface area contributed by atoms with Gasteiger partial charge in [-0.15, -0.1) is 0 Å². The second kappa shape index (κ2) is 6.97. The number of anilines is 2. The van der Waals surface area contributed by atoms with Gasteiger partial charge in [0.05, 0.1) is 11.7 Å². The van der Waals surface area contributed by atoms with E-state index >= 15 is 0 Å². The van der Waals surface area contributed by atoms with Gasteiger partial charge in [-0.3, -0.25) is 14.1 Å². The van der Waals surface area contributed by atoms with Crippen molar-refractivity contribution in [1.29, 1.82) is 0 Å². The zero-order chi connectivity index (χ0) is 20.0. The summed E-state index contributed by atoms with van der Waals surface area (Å²) in [5.74, 6) is 0.483. The molecule has 3 aromatic heterocycles. The van der Waals surface area contributed by atoms with Crippen molar-refractivity contribution >= 4 is 33.7 Å². The van der Waals surface area contributed by atoms with Gasteiger partial charge in [0.1, 0.15) is 5.52 Å². The number of piperidine rings is 1. The summed E-state index contributed by atoms with van der Waals surface area (Å²) in [6.45, 7) is 3.85. The molecule has 29 heavy (non-hydrogen) atoms. The van der Waals surface area contributed by atoms with Crippen LogP contribution in [0.2, 0.25) is 0 Å². The van der Waals surface area contributed by atoms with Crippen LogP contribution in [0.25, 0.3) is 22.1 Å². The van der Waals surface area contributed by atoms with Gasteiger partial charge in [-0.2, -0.15) is 4.98 Å². The van der Waals surface area contributed by atoms with Crippen LogP contribution in [0.4, 0.5) is 11.6 Å². The molecule has 4 aromatic rings. The van der Waals surface area contributed by atoms with Crippen molar-refractivity contribution in [2.75, 3.05) is 18.4 Å². The number of nitrogens with zero attached hydrogens (tertiary/aromatic N) is 5. The molecule has 4 heterocycles. The minimum absolute atomic E-state index is 0.0358. The van der Waals surface area contributed by atoms with Gasteiger partial charge in [-0.05, 0) is 56.6 Å². The zero-order valence-corrected chi connectivity index (χ0v) is 16.5. The number of benzene rings is 1. The predicted molar refractivity (Wildman–Crippen MR) is 114 cm³/mol. The Labute approximate surface area is 167 Å². The highest BCUT2D eigenvalue weighted by Gasteiger charge is 2.22. The summed E-state index contributed by atoms with van der Waals surface area (Å²) in [5.41, 5.74) is 4.34. The van der Waals surface area contributed by atoms with E-state index in [1.165, 1.54) is 0 Å². The topological polar surface area (TPSA) is 89.7 Å². The summed E-state index contributed by atoms with van der Waals surface area (Å²) in [5, 5.41) is 7.73. The van der Waals surface area contributed by atoms with E-state index in [2.05, 4.69) is 26.7 Å². The fourth-order valence-corrected chi connectivity index (χ4v) is 4.07. The smallest absolute Gasteiger partial charge is 0.324 e. The summed E-state index contributed by atoms with van der Waals surface area (Å²) in [4.78, 5) is 26.5. The number of pyridine rings is 1. The number of hydrogen-bond acceptors (Lipinski definition) is 6. The third-order valence-corrected chi connectivity index (χ3v) is 5.70. The highest BCUT2D eigenvalue weighted by Crippen LogP contribution is 2.26. The molecule has 0 spiro atoms. The molecule has 0 atom stereocenters. The Kier molecular flexibility index (Phi) is 4.28. The van der Waals surface area contributed by atoms with Crippen molar-refractivity contribution in [2.45, 2.75) is 25.8 Å². The molecule has 8 heteroatoms. The first-order valence-corrected chi connectivity index (χ1v) is 9.89. The molecule has 148 valence electrons. The van der Waals surface area contributed by atoms with Crippen LogP contribution in [0.15, 0.2) is 41.5 Å². The molecule has 1 aliphatic heterocycles. The van der Waals surface area contributed by atoms with E-state index in [4.69, 9.17) is 4.98 Å². The molecule has 8 nitrogen and oxygen atoms in total. The first-order chi connectivity index (χ1) is 14.1. The van der Waals surface area contributed by atoms with Crippen molar-refractivity contribution in [3.05, 3.63) is 52.7 Å². The highest BCUT2D eigenvalue weighted by molar-refractivity contribution is 5.85. The van der Waals surface area contributed by atoms with E-state index in [0.717, 1.165) is 53.6 Å². The summed E-state index contributed by atoms with van der Waals surface area (Å²) in [6, 6.07) is 8.21. The average molecular weight is 389 g/mol. The molecule has 0 bridgehead atoms. The molecule has 1 aromatic carbocycles. The molecule has 0 amide bonds. The summed E-state index contributed by atoms with van der Waals surface area (Å²) in [6.07, 6.45) is 5.36. The maximum Gasteiger partial charge on any atom is 0.330 e. The lowest BCUT2D eigenvalue weighted by atomic mass is 10.1.